The molecule has 1 fully saturated rings. The molecule has 0 saturated carbocycles. The lowest BCUT2D eigenvalue weighted by atomic mass is 10.1. The van der Waals surface area contributed by atoms with Crippen molar-refractivity contribution in [2.45, 2.75) is 6.54 Å². The number of carbonyl (C=O) groups excluding carboxylic acids is 2. The molecule has 1 saturated heterocycles. The number of amides is 2. The maximum Gasteiger partial charge on any atom is 0.266 e. The lowest BCUT2D eigenvalue weighted by molar-refractivity contribution is -0.129. The molecule has 1 aliphatic rings. The Hall–Kier alpha value is -2.87. The van der Waals surface area contributed by atoms with Gasteiger partial charge in [0.25, 0.3) is 11.8 Å². The lowest BCUT2D eigenvalue weighted by Gasteiger charge is -2.27. The Balaban J connectivity index is 1.64. The van der Waals surface area contributed by atoms with Crippen molar-refractivity contribution in [1.82, 2.24) is 10.2 Å². The molecule has 3 aromatic rings. The first kappa shape index (κ1) is 19.4. The predicted molar refractivity (Wildman–Crippen MR) is 112 cm³/mol. The van der Waals surface area contributed by atoms with E-state index in [1.54, 1.807) is 42.5 Å². The van der Waals surface area contributed by atoms with Crippen LogP contribution >= 0.6 is 35.4 Å². The van der Waals surface area contributed by atoms with Crippen LogP contribution in [0, 0.1) is 0 Å². The fraction of sp³-hybridized carbons (Fsp3) is 0.0500. The predicted octanol–water partition coefficient (Wildman–Crippen LogP) is 4.67. The van der Waals surface area contributed by atoms with Gasteiger partial charge in [-0.3, -0.25) is 19.8 Å². The van der Waals surface area contributed by atoms with E-state index in [-0.39, 0.29) is 17.2 Å². The van der Waals surface area contributed by atoms with Crippen LogP contribution in [0.5, 0.6) is 0 Å². The number of nitrogens with one attached hydrogen (secondary N) is 1. The second-order valence-corrected chi connectivity index (χ2v) is 7.26. The molecule has 146 valence electrons. The summed E-state index contributed by atoms with van der Waals surface area (Å²) in [7, 11) is 0. The molecule has 6 nitrogen and oxygen atoms in total. The quantitative estimate of drug-likeness (QED) is 0.357. The third kappa shape index (κ3) is 3.85. The minimum absolute atomic E-state index is 0.0133. The smallest absolute Gasteiger partial charge is 0.266 e. The zero-order valence-corrected chi connectivity index (χ0v) is 17.0. The molecule has 2 amide bonds. The second kappa shape index (κ2) is 7.87. The summed E-state index contributed by atoms with van der Waals surface area (Å²) in [5.74, 6) is 0.145. The third-order valence-corrected chi connectivity index (χ3v) is 5.35. The van der Waals surface area contributed by atoms with E-state index in [0.29, 0.717) is 32.9 Å². The van der Waals surface area contributed by atoms with E-state index in [0.717, 1.165) is 0 Å². The number of halogens is 2. The summed E-state index contributed by atoms with van der Waals surface area (Å²) in [5, 5.41) is 3.26. The van der Waals surface area contributed by atoms with Crippen LogP contribution < -0.4 is 5.32 Å². The number of hydrogen-bond acceptors (Lipinski definition) is 5. The molecule has 9 heteroatoms. The summed E-state index contributed by atoms with van der Waals surface area (Å²) in [6.45, 7) is 0.101. The zero-order chi connectivity index (χ0) is 20.5. The Morgan fingerprint density at radius 2 is 1.93 bits per heavy atom. The minimum atomic E-state index is -0.602. The molecule has 2 aromatic heterocycles. The van der Waals surface area contributed by atoms with Crippen LogP contribution in [0.1, 0.15) is 11.5 Å². The average Bonchev–Trinajstić information content (AvgIpc) is 3.36. The monoisotopic (exact) mass is 446 g/mol. The third-order valence-electron chi connectivity index (χ3n) is 4.21. The number of furan rings is 2. The molecule has 1 aliphatic heterocycles. The highest BCUT2D eigenvalue weighted by atomic mass is 35.5. The molecule has 0 radical (unpaired) electrons. The van der Waals surface area contributed by atoms with E-state index in [4.69, 9.17) is 44.3 Å². The Morgan fingerprint density at radius 3 is 2.69 bits per heavy atom. The maximum absolute atomic E-state index is 12.8. The first-order chi connectivity index (χ1) is 13.9. The fourth-order valence-electron chi connectivity index (χ4n) is 2.81. The van der Waals surface area contributed by atoms with Gasteiger partial charge in [0.2, 0.25) is 0 Å². The van der Waals surface area contributed by atoms with E-state index in [1.165, 1.54) is 17.2 Å². The topological polar surface area (TPSA) is 75.7 Å². The Labute approximate surface area is 180 Å². The number of benzene rings is 1. The van der Waals surface area contributed by atoms with Crippen molar-refractivity contribution >= 4 is 58.4 Å². The number of rotatable bonds is 4. The van der Waals surface area contributed by atoms with Crippen LogP contribution in [0.2, 0.25) is 10.0 Å². The molecule has 0 atom stereocenters. The molecule has 1 aromatic carbocycles. The first-order valence-electron chi connectivity index (χ1n) is 8.39. The van der Waals surface area contributed by atoms with Gasteiger partial charge in [-0.25, -0.2) is 0 Å². The molecular formula is C20H12Cl2N2O4S. The van der Waals surface area contributed by atoms with E-state index in [2.05, 4.69) is 5.32 Å². The van der Waals surface area contributed by atoms with Crippen LogP contribution in [0.25, 0.3) is 17.4 Å². The molecular weight excluding hydrogens is 435 g/mol. The summed E-state index contributed by atoms with van der Waals surface area (Å²) in [5.41, 5.74) is 0.493. The number of carbonyl (C=O) groups is 2. The van der Waals surface area contributed by atoms with Gasteiger partial charge in [0, 0.05) is 5.56 Å². The Bertz CT molecular complexity index is 1150. The van der Waals surface area contributed by atoms with Crippen LogP contribution in [0.15, 0.2) is 63.1 Å². The van der Waals surface area contributed by atoms with Crippen LogP contribution in [0.3, 0.4) is 0 Å². The lowest BCUT2D eigenvalue weighted by Crippen LogP contribution is -2.53. The second-order valence-electron chi connectivity index (χ2n) is 6.09. The van der Waals surface area contributed by atoms with Crippen molar-refractivity contribution in [3.05, 3.63) is 75.9 Å². The van der Waals surface area contributed by atoms with Gasteiger partial charge in [-0.05, 0) is 54.7 Å². The van der Waals surface area contributed by atoms with E-state index >= 15 is 0 Å². The van der Waals surface area contributed by atoms with Crippen molar-refractivity contribution in [1.29, 1.82) is 0 Å². The van der Waals surface area contributed by atoms with E-state index < -0.39 is 11.8 Å². The highest BCUT2D eigenvalue weighted by Gasteiger charge is 2.34. The first-order valence-corrected chi connectivity index (χ1v) is 9.56. The van der Waals surface area contributed by atoms with Gasteiger partial charge in [-0.2, -0.15) is 0 Å². The van der Waals surface area contributed by atoms with Gasteiger partial charge in [0.05, 0.1) is 22.9 Å². The normalized spacial score (nSPS) is 15.9. The van der Waals surface area contributed by atoms with E-state index in [9.17, 15) is 9.59 Å². The summed E-state index contributed by atoms with van der Waals surface area (Å²) >= 11 is 17.4. The minimum Gasteiger partial charge on any atom is -0.467 e. The summed E-state index contributed by atoms with van der Waals surface area (Å²) < 4.78 is 11.0. The van der Waals surface area contributed by atoms with Gasteiger partial charge in [0.1, 0.15) is 22.9 Å². The van der Waals surface area contributed by atoms with Crippen molar-refractivity contribution in [3.63, 3.8) is 0 Å². The van der Waals surface area contributed by atoms with Crippen LogP contribution in [-0.4, -0.2) is 21.8 Å². The maximum atomic E-state index is 12.8. The van der Waals surface area contributed by atoms with Gasteiger partial charge in [0.15, 0.2) is 5.11 Å². The standard InChI is InChI=1S/C20H12Cl2N2O4S/c21-15-5-1-4-13(17(15)22)16-7-6-11(28-16)9-14-18(25)23-20(29)24(19(14)26)10-12-3-2-8-27-12/h1-9H,10H2,(H,23,25,29). The summed E-state index contributed by atoms with van der Waals surface area (Å²) in [6.07, 6.45) is 2.85. The SMILES string of the molecule is O=C1NC(=S)N(Cc2ccco2)C(=O)C1=Cc1ccc(-c2cccc(Cl)c2Cl)o1. The number of nitrogens with zero attached hydrogens (tertiary/aromatic N) is 1. The van der Waals surface area contributed by atoms with Gasteiger partial charge < -0.3 is 8.83 Å². The van der Waals surface area contributed by atoms with Crippen LogP contribution in [-0.2, 0) is 16.1 Å². The highest BCUT2D eigenvalue weighted by Crippen LogP contribution is 2.34. The fourth-order valence-corrected chi connectivity index (χ4v) is 3.44. The Kier molecular flexibility index (Phi) is 5.27. The Morgan fingerprint density at radius 1 is 1.10 bits per heavy atom. The average molecular weight is 447 g/mol. The van der Waals surface area contributed by atoms with Crippen molar-refractivity contribution in [2.24, 2.45) is 0 Å². The molecule has 0 bridgehead atoms. The van der Waals surface area contributed by atoms with Crippen molar-refractivity contribution in [3.8, 4) is 11.3 Å². The van der Waals surface area contributed by atoms with Crippen LogP contribution in [0.4, 0.5) is 0 Å². The number of hydrogen-bond donors (Lipinski definition) is 1. The largest absolute Gasteiger partial charge is 0.467 e. The van der Waals surface area contributed by atoms with Gasteiger partial charge in [-0.15, -0.1) is 0 Å². The number of thiocarbonyl (C=S) groups is 1. The molecule has 0 aliphatic carbocycles. The van der Waals surface area contributed by atoms with Crippen molar-refractivity contribution in [2.75, 3.05) is 0 Å². The molecule has 4 rings (SSSR count). The van der Waals surface area contributed by atoms with E-state index in [1.807, 2.05) is 0 Å². The highest BCUT2D eigenvalue weighted by molar-refractivity contribution is 7.80. The molecule has 29 heavy (non-hydrogen) atoms. The summed E-state index contributed by atoms with van der Waals surface area (Å²) in [4.78, 5) is 26.4. The molecule has 1 N–H and O–H groups in total. The molecule has 0 spiro atoms. The summed E-state index contributed by atoms with van der Waals surface area (Å²) in [6, 6.07) is 11.9. The zero-order valence-electron chi connectivity index (χ0n) is 14.6. The molecule has 0 unspecified atom stereocenters. The van der Waals surface area contributed by atoms with Gasteiger partial charge in [-0.1, -0.05) is 29.3 Å². The van der Waals surface area contributed by atoms with Gasteiger partial charge >= 0.3 is 0 Å². The molecule has 3 heterocycles. The van der Waals surface area contributed by atoms with Crippen molar-refractivity contribution < 1.29 is 18.4 Å².